The van der Waals surface area contributed by atoms with E-state index < -0.39 is 23.6 Å². The van der Waals surface area contributed by atoms with Gasteiger partial charge in [-0.05, 0) is 73.0 Å². The number of allylic oxidation sites excluding steroid dienone is 1. The molecule has 4 amide bonds. The summed E-state index contributed by atoms with van der Waals surface area (Å²) in [6, 6.07) is 12.6. The summed E-state index contributed by atoms with van der Waals surface area (Å²) in [4.78, 5) is 43.2. The van der Waals surface area contributed by atoms with Gasteiger partial charge in [0.2, 0.25) is 5.91 Å². The molecule has 6 heteroatoms. The average Bonchev–Trinajstić information content (AvgIpc) is 2.87. The molecule has 0 spiro atoms. The molecule has 0 aliphatic carbocycles. The minimum Gasteiger partial charge on any atom is -0.366 e. The largest absolute Gasteiger partial charge is 0.366 e. The van der Waals surface area contributed by atoms with E-state index in [4.69, 9.17) is 5.73 Å². The Hall–Kier alpha value is -4.84. The molecule has 0 fully saturated rings. The zero-order chi connectivity index (χ0) is 29.1. The van der Waals surface area contributed by atoms with E-state index in [1.54, 1.807) is 6.92 Å². The van der Waals surface area contributed by atoms with Gasteiger partial charge in [0, 0.05) is 5.57 Å². The van der Waals surface area contributed by atoms with Crippen LogP contribution < -0.4 is 5.73 Å². The molecule has 37 heavy (non-hydrogen) atoms. The van der Waals surface area contributed by atoms with Crippen molar-refractivity contribution in [2.75, 3.05) is 0 Å². The highest BCUT2D eigenvalue weighted by molar-refractivity contribution is 6.19. The molecular weight excluding hydrogens is 464 g/mol. The van der Waals surface area contributed by atoms with Crippen molar-refractivity contribution in [3.8, 4) is 0 Å². The van der Waals surface area contributed by atoms with Crippen LogP contribution in [0.1, 0.15) is 31.9 Å². The van der Waals surface area contributed by atoms with Gasteiger partial charge in [0.15, 0.2) is 0 Å². The molecule has 0 unspecified atom stereocenters. The predicted octanol–water partition coefficient (Wildman–Crippen LogP) is 6.18. The Morgan fingerprint density at radius 1 is 0.676 bits per heavy atom. The van der Waals surface area contributed by atoms with Crippen molar-refractivity contribution in [3.63, 3.8) is 0 Å². The maximum absolute atomic E-state index is 11.0. The first-order valence-electron chi connectivity index (χ1n) is 10.9. The SMILES string of the molecule is C=C(C)C.C=C(C)C(N)=O.C=CC(=O)N(C(=O)C=C)C(=O)C=C.C=Cc1ccc2ccc(C=C)cc2c1. The topological polar surface area (TPSA) is 97.5 Å². The number of benzene rings is 2. The van der Waals surface area contributed by atoms with Gasteiger partial charge in [-0.2, -0.15) is 0 Å². The van der Waals surface area contributed by atoms with Crippen molar-refractivity contribution in [1.82, 2.24) is 4.90 Å². The third kappa shape index (κ3) is 14.2. The number of imide groups is 3. The molecule has 0 heterocycles. The molecule has 194 valence electrons. The van der Waals surface area contributed by atoms with E-state index in [0.717, 1.165) is 29.4 Å². The van der Waals surface area contributed by atoms with Crippen LogP contribution in [-0.4, -0.2) is 28.5 Å². The third-order valence-electron chi connectivity index (χ3n) is 3.97. The van der Waals surface area contributed by atoms with Crippen LogP contribution in [0.3, 0.4) is 0 Å². The lowest BCUT2D eigenvalue weighted by Gasteiger charge is -2.12. The molecule has 2 aromatic rings. The van der Waals surface area contributed by atoms with Crippen molar-refractivity contribution < 1.29 is 19.2 Å². The number of nitrogens with zero attached hydrogens (tertiary/aromatic N) is 1. The van der Waals surface area contributed by atoms with Gasteiger partial charge >= 0.3 is 0 Å². The van der Waals surface area contributed by atoms with Crippen LogP contribution in [0.4, 0.5) is 0 Å². The Morgan fingerprint density at radius 2 is 0.973 bits per heavy atom. The van der Waals surface area contributed by atoms with Crippen LogP contribution in [0.15, 0.2) is 112 Å². The van der Waals surface area contributed by atoms with Gasteiger partial charge < -0.3 is 5.73 Å². The monoisotopic (exact) mass is 500 g/mol. The van der Waals surface area contributed by atoms with E-state index in [-0.39, 0.29) is 0 Å². The molecule has 0 atom stereocenters. The highest BCUT2D eigenvalue weighted by Gasteiger charge is 2.21. The predicted molar refractivity (Wildman–Crippen MR) is 156 cm³/mol. The van der Waals surface area contributed by atoms with Gasteiger partial charge in [-0.15, -0.1) is 6.58 Å². The Labute approximate surface area is 220 Å². The smallest absolute Gasteiger partial charge is 0.259 e. The standard InChI is InChI=1S/C14H12.C9H9NO3.C4H7NO.C4H8/c1-3-11-5-7-13-8-6-12(4-2)10-14(13)9-11;1-4-7(11)10(8(12)5-2)9(13)6-3;1-3(2)4(5)6;1-4(2)3/h3-10H,1-2H2;4-6H,1-3H2;1H2,2H3,(H2,5,6);1H2,2-3H3. The second kappa shape index (κ2) is 18.5. The molecule has 0 radical (unpaired) electrons. The molecule has 0 aliphatic heterocycles. The fraction of sp³-hybridized carbons (Fsp3) is 0.0968. The first kappa shape index (κ1) is 34.3. The van der Waals surface area contributed by atoms with Crippen molar-refractivity contribution >= 4 is 46.6 Å². The zero-order valence-corrected chi connectivity index (χ0v) is 22.0. The molecule has 2 N–H and O–H groups in total. The summed E-state index contributed by atoms with van der Waals surface area (Å²) in [6.45, 7) is 29.3. The zero-order valence-electron chi connectivity index (χ0n) is 22.0. The van der Waals surface area contributed by atoms with Gasteiger partial charge in [0.25, 0.3) is 17.7 Å². The van der Waals surface area contributed by atoms with E-state index in [2.05, 4.69) is 82.5 Å². The number of rotatable bonds is 6. The van der Waals surface area contributed by atoms with Crippen LogP contribution >= 0.6 is 0 Å². The summed E-state index contributed by atoms with van der Waals surface area (Å²) in [7, 11) is 0. The lowest BCUT2D eigenvalue weighted by atomic mass is 10.0. The van der Waals surface area contributed by atoms with E-state index in [1.165, 1.54) is 16.3 Å². The van der Waals surface area contributed by atoms with E-state index >= 15 is 0 Å². The highest BCUT2D eigenvalue weighted by atomic mass is 16.2. The summed E-state index contributed by atoms with van der Waals surface area (Å²) in [6.07, 6.45) is 6.31. The molecule has 0 aliphatic rings. The number of hydrogen-bond donors (Lipinski definition) is 1. The fourth-order valence-electron chi connectivity index (χ4n) is 2.14. The van der Waals surface area contributed by atoms with Gasteiger partial charge in [-0.3, -0.25) is 19.2 Å². The maximum Gasteiger partial charge on any atom is 0.259 e. The molecule has 0 saturated heterocycles. The molecule has 0 saturated carbocycles. The summed E-state index contributed by atoms with van der Waals surface area (Å²) in [5.41, 5.74) is 8.56. The molecule has 0 aromatic heterocycles. The van der Waals surface area contributed by atoms with Gasteiger partial charge in [0.1, 0.15) is 0 Å². The fourth-order valence-corrected chi connectivity index (χ4v) is 2.14. The van der Waals surface area contributed by atoms with Gasteiger partial charge in [0.05, 0.1) is 0 Å². The van der Waals surface area contributed by atoms with Crippen LogP contribution in [-0.2, 0) is 19.2 Å². The minimum atomic E-state index is -0.796. The quantitative estimate of drug-likeness (QED) is 0.378. The number of amides is 4. The number of nitrogens with two attached hydrogens (primary N) is 1. The number of primary amides is 1. The second-order valence-electron chi connectivity index (χ2n) is 7.59. The average molecular weight is 501 g/mol. The molecule has 6 nitrogen and oxygen atoms in total. The van der Waals surface area contributed by atoms with Crippen LogP contribution in [0, 0.1) is 0 Å². The first-order valence-corrected chi connectivity index (χ1v) is 10.9. The number of hydrogen-bond acceptors (Lipinski definition) is 4. The van der Waals surface area contributed by atoms with Crippen molar-refractivity contribution in [1.29, 1.82) is 0 Å². The van der Waals surface area contributed by atoms with Crippen LogP contribution in [0.25, 0.3) is 22.9 Å². The van der Waals surface area contributed by atoms with Crippen LogP contribution in [0.5, 0.6) is 0 Å². The van der Waals surface area contributed by atoms with E-state index in [1.807, 2.05) is 26.0 Å². The second-order valence-corrected chi connectivity index (χ2v) is 7.59. The van der Waals surface area contributed by atoms with Gasteiger partial charge in [-0.25, -0.2) is 4.90 Å². The third-order valence-corrected chi connectivity index (χ3v) is 3.97. The van der Waals surface area contributed by atoms with Crippen molar-refractivity contribution in [3.05, 3.63) is 123 Å². The van der Waals surface area contributed by atoms with E-state index in [9.17, 15) is 19.2 Å². The maximum atomic E-state index is 11.0. The van der Waals surface area contributed by atoms with Gasteiger partial charge in [-0.1, -0.05) is 81.5 Å². The Kier molecular flexibility index (Phi) is 17.1. The van der Waals surface area contributed by atoms with Crippen LogP contribution in [0.2, 0.25) is 0 Å². The molecule has 2 aromatic carbocycles. The Morgan fingerprint density at radius 3 is 1.19 bits per heavy atom. The minimum absolute atomic E-state index is 0.396. The summed E-state index contributed by atoms with van der Waals surface area (Å²) in [5, 5.41) is 2.49. The normalized spacial score (nSPS) is 8.62. The van der Waals surface area contributed by atoms with Crippen molar-refractivity contribution in [2.24, 2.45) is 5.73 Å². The molecular formula is C31H36N2O4. The number of fused-ring (bicyclic) bond motifs is 1. The first-order chi connectivity index (χ1) is 17.3. The van der Waals surface area contributed by atoms with Crippen molar-refractivity contribution in [2.45, 2.75) is 20.8 Å². The number of carbonyl (C=O) groups is 4. The highest BCUT2D eigenvalue weighted by Crippen LogP contribution is 2.19. The summed E-state index contributed by atoms with van der Waals surface area (Å²) < 4.78 is 0. The Balaban J connectivity index is 0. The molecule has 2 rings (SSSR count). The van der Waals surface area contributed by atoms with E-state index in [0.29, 0.717) is 10.5 Å². The molecule has 0 bridgehead atoms. The lowest BCUT2D eigenvalue weighted by molar-refractivity contribution is -0.147. The summed E-state index contributed by atoms with van der Waals surface area (Å²) >= 11 is 0. The Bertz CT molecular complexity index is 1110. The number of carbonyl (C=O) groups excluding carboxylic acids is 4. The lowest BCUT2D eigenvalue weighted by Crippen LogP contribution is -2.38. The summed E-state index contributed by atoms with van der Waals surface area (Å²) in [5.74, 6) is -2.82.